The van der Waals surface area contributed by atoms with Gasteiger partial charge in [-0.3, -0.25) is 19.9 Å². The van der Waals surface area contributed by atoms with Gasteiger partial charge in [0.2, 0.25) is 5.91 Å². The highest BCUT2D eigenvalue weighted by Gasteiger charge is 2.15. The van der Waals surface area contributed by atoms with Gasteiger partial charge in [-0.1, -0.05) is 11.2 Å². The van der Waals surface area contributed by atoms with Gasteiger partial charge in [0.05, 0.1) is 23.3 Å². The molecule has 0 aliphatic rings. The minimum atomic E-state index is -0.613. The summed E-state index contributed by atoms with van der Waals surface area (Å²) in [6, 6.07) is 6.55. The summed E-state index contributed by atoms with van der Waals surface area (Å²) in [5.41, 5.74) is 2.09. The Morgan fingerprint density at radius 2 is 2.10 bits per heavy atom. The monoisotopic (exact) mass is 424 g/mol. The van der Waals surface area contributed by atoms with Gasteiger partial charge in [0.1, 0.15) is 24.3 Å². The lowest BCUT2D eigenvalue weighted by molar-refractivity contribution is -0.384. The molecule has 10 heteroatoms. The zero-order valence-corrected chi connectivity index (χ0v) is 17.1. The number of amides is 1. The summed E-state index contributed by atoms with van der Waals surface area (Å²) in [6.45, 7) is 3.93. The number of pyridine rings is 1. The van der Waals surface area contributed by atoms with Crippen molar-refractivity contribution in [1.29, 1.82) is 0 Å². The molecule has 1 amide bonds. The van der Waals surface area contributed by atoms with Gasteiger partial charge in [-0.25, -0.2) is 0 Å². The fourth-order valence-corrected chi connectivity index (χ4v) is 2.75. The smallest absolute Gasteiger partial charge is 0.310 e. The van der Waals surface area contributed by atoms with E-state index < -0.39 is 10.8 Å². The van der Waals surface area contributed by atoms with E-state index in [1.807, 2.05) is 13.8 Å². The maximum atomic E-state index is 12.2. The summed E-state index contributed by atoms with van der Waals surface area (Å²) < 4.78 is 16.3. The van der Waals surface area contributed by atoms with E-state index in [9.17, 15) is 14.9 Å². The largest absolute Gasteiger partial charge is 0.493 e. The lowest BCUT2D eigenvalue weighted by Gasteiger charge is -2.11. The Hall–Kier alpha value is -4.21. The summed E-state index contributed by atoms with van der Waals surface area (Å²) in [7, 11) is 1.51. The van der Waals surface area contributed by atoms with E-state index in [1.165, 1.54) is 25.4 Å². The highest BCUT2D eigenvalue weighted by atomic mass is 16.6. The van der Waals surface area contributed by atoms with Crippen LogP contribution in [0.5, 0.6) is 11.5 Å². The zero-order chi connectivity index (χ0) is 22.4. The molecule has 2 aromatic heterocycles. The van der Waals surface area contributed by atoms with Crippen molar-refractivity contribution in [2.24, 2.45) is 0 Å². The Balaban J connectivity index is 1.68. The molecule has 0 saturated heterocycles. The van der Waals surface area contributed by atoms with Crippen molar-refractivity contribution in [3.63, 3.8) is 0 Å². The number of hydrogen-bond donors (Lipinski definition) is 1. The van der Waals surface area contributed by atoms with Crippen LogP contribution in [-0.2, 0) is 11.4 Å². The topological polar surface area (TPSA) is 130 Å². The van der Waals surface area contributed by atoms with Crippen LogP contribution in [-0.4, -0.2) is 28.1 Å². The lowest BCUT2D eigenvalue weighted by atomic mass is 10.2. The van der Waals surface area contributed by atoms with Crippen molar-refractivity contribution in [2.45, 2.75) is 20.5 Å². The molecule has 0 radical (unpaired) electrons. The number of hydrogen-bond acceptors (Lipinski definition) is 8. The minimum Gasteiger partial charge on any atom is -0.493 e. The first kappa shape index (κ1) is 21.5. The molecule has 0 atom stereocenters. The van der Waals surface area contributed by atoms with Crippen molar-refractivity contribution >= 4 is 23.4 Å². The number of methoxy groups -OCH3 is 1. The van der Waals surface area contributed by atoms with Crippen molar-refractivity contribution in [1.82, 2.24) is 10.1 Å². The molecule has 3 aromatic rings. The van der Waals surface area contributed by atoms with Crippen LogP contribution in [0, 0.1) is 24.0 Å². The molecule has 0 spiro atoms. The molecule has 1 N–H and O–H groups in total. The van der Waals surface area contributed by atoms with Crippen LogP contribution in [0.3, 0.4) is 0 Å². The van der Waals surface area contributed by atoms with Gasteiger partial charge in [0, 0.05) is 12.3 Å². The minimum absolute atomic E-state index is 0.0651. The number of carbonyl (C=O) groups excluding carboxylic acids is 1. The first-order chi connectivity index (χ1) is 14.9. The Bertz CT molecular complexity index is 1120. The van der Waals surface area contributed by atoms with E-state index in [0.29, 0.717) is 22.8 Å². The normalized spacial score (nSPS) is 10.8. The van der Waals surface area contributed by atoms with Crippen molar-refractivity contribution < 1.29 is 23.7 Å². The number of nitro groups is 1. The summed E-state index contributed by atoms with van der Waals surface area (Å²) in [5, 5.41) is 17.4. The summed E-state index contributed by atoms with van der Waals surface area (Å²) in [4.78, 5) is 26.3. The molecular weight excluding hydrogens is 404 g/mol. The van der Waals surface area contributed by atoms with Crippen LogP contribution in [0.25, 0.3) is 6.08 Å². The second kappa shape index (κ2) is 9.53. The Morgan fingerprint density at radius 3 is 2.77 bits per heavy atom. The average molecular weight is 424 g/mol. The van der Waals surface area contributed by atoms with E-state index in [1.54, 1.807) is 24.3 Å². The SMILES string of the molecule is COc1cc(/C=C/C(=O)Nc2ccncc2[N+](=O)[O-])ccc1OCc1c(C)noc1C. The van der Waals surface area contributed by atoms with Crippen LogP contribution in [0.15, 0.2) is 47.3 Å². The molecule has 0 saturated carbocycles. The molecule has 31 heavy (non-hydrogen) atoms. The summed E-state index contributed by atoms with van der Waals surface area (Å²) >= 11 is 0. The first-order valence-electron chi connectivity index (χ1n) is 9.19. The van der Waals surface area contributed by atoms with Crippen LogP contribution in [0.1, 0.15) is 22.6 Å². The number of nitrogens with one attached hydrogen (secondary N) is 1. The van der Waals surface area contributed by atoms with E-state index in [2.05, 4.69) is 15.5 Å². The Morgan fingerprint density at radius 1 is 1.29 bits per heavy atom. The van der Waals surface area contributed by atoms with Gasteiger partial charge in [-0.15, -0.1) is 0 Å². The third-order valence-electron chi connectivity index (χ3n) is 4.42. The number of aryl methyl sites for hydroxylation is 2. The van der Waals surface area contributed by atoms with Crippen LogP contribution in [0.2, 0.25) is 0 Å². The summed E-state index contributed by atoms with van der Waals surface area (Å²) in [6.07, 6.45) is 5.26. The molecule has 0 unspecified atom stereocenters. The number of nitrogens with zero attached hydrogens (tertiary/aromatic N) is 3. The van der Waals surface area contributed by atoms with Gasteiger partial charge in [0.15, 0.2) is 11.5 Å². The fraction of sp³-hybridized carbons (Fsp3) is 0.190. The highest BCUT2D eigenvalue weighted by Crippen LogP contribution is 2.30. The summed E-state index contributed by atoms with van der Waals surface area (Å²) in [5.74, 6) is 1.18. The van der Waals surface area contributed by atoms with Gasteiger partial charge in [-0.05, 0) is 43.7 Å². The molecule has 0 bridgehead atoms. The van der Waals surface area contributed by atoms with Gasteiger partial charge < -0.3 is 19.3 Å². The molecule has 3 rings (SSSR count). The highest BCUT2D eigenvalue weighted by molar-refractivity contribution is 6.03. The van der Waals surface area contributed by atoms with Gasteiger partial charge in [-0.2, -0.15) is 0 Å². The Labute approximate surface area is 177 Å². The third-order valence-corrected chi connectivity index (χ3v) is 4.42. The first-order valence-corrected chi connectivity index (χ1v) is 9.19. The van der Waals surface area contributed by atoms with Crippen molar-refractivity contribution in [3.8, 4) is 11.5 Å². The van der Waals surface area contributed by atoms with E-state index in [-0.39, 0.29) is 18.0 Å². The number of aromatic nitrogens is 2. The quantitative estimate of drug-likeness (QED) is 0.328. The molecule has 0 aliphatic carbocycles. The van der Waals surface area contributed by atoms with Crippen molar-refractivity contribution in [3.05, 3.63) is 75.4 Å². The van der Waals surface area contributed by atoms with Crippen LogP contribution in [0.4, 0.5) is 11.4 Å². The average Bonchev–Trinajstić information content (AvgIpc) is 3.08. The molecule has 160 valence electrons. The number of anilines is 1. The number of ether oxygens (including phenoxy) is 2. The maximum Gasteiger partial charge on any atom is 0.310 e. The molecule has 1 aromatic carbocycles. The number of rotatable bonds is 8. The standard InChI is InChI=1S/C21H20N4O6/c1-13-16(14(2)31-24-13)12-30-19-6-4-15(10-20(19)29-3)5-7-21(26)23-17-8-9-22-11-18(17)25(27)28/h4-11H,12H2,1-3H3,(H,22,23,26)/b7-5+. The molecule has 2 heterocycles. The fourth-order valence-electron chi connectivity index (χ4n) is 2.75. The molecule has 0 fully saturated rings. The second-order valence-electron chi connectivity index (χ2n) is 6.47. The number of carbonyl (C=O) groups is 1. The maximum absolute atomic E-state index is 12.2. The predicted molar refractivity (Wildman–Crippen MR) is 112 cm³/mol. The van der Waals surface area contributed by atoms with Crippen LogP contribution < -0.4 is 14.8 Å². The van der Waals surface area contributed by atoms with E-state index in [4.69, 9.17) is 14.0 Å². The third kappa shape index (κ3) is 5.24. The lowest BCUT2D eigenvalue weighted by Crippen LogP contribution is -2.09. The van der Waals surface area contributed by atoms with Crippen molar-refractivity contribution in [2.75, 3.05) is 12.4 Å². The van der Waals surface area contributed by atoms with Crippen LogP contribution >= 0.6 is 0 Å². The molecule has 0 aliphatic heterocycles. The van der Waals surface area contributed by atoms with E-state index >= 15 is 0 Å². The number of benzene rings is 1. The second-order valence-corrected chi connectivity index (χ2v) is 6.47. The van der Waals surface area contributed by atoms with E-state index in [0.717, 1.165) is 17.5 Å². The van der Waals surface area contributed by atoms with Gasteiger partial charge in [0.25, 0.3) is 0 Å². The van der Waals surface area contributed by atoms with Gasteiger partial charge >= 0.3 is 5.69 Å². The molecular formula is C21H20N4O6. The zero-order valence-electron chi connectivity index (χ0n) is 17.1. The Kier molecular flexibility index (Phi) is 6.61. The molecule has 10 nitrogen and oxygen atoms in total. The predicted octanol–water partition coefficient (Wildman–Crippen LogP) is 3.83.